The number of anilines is 1. The monoisotopic (exact) mass is 589 g/mol. The van der Waals surface area contributed by atoms with Crippen LogP contribution in [0.5, 0.6) is 0 Å². The lowest BCUT2D eigenvalue weighted by atomic mass is 9.98. The first-order chi connectivity index (χ1) is 21.1. The molecule has 44 heavy (non-hydrogen) atoms. The van der Waals surface area contributed by atoms with Gasteiger partial charge in [0, 0.05) is 18.7 Å². The number of carbonyl (C=O) groups is 3. The number of hydrogen-bond acceptors (Lipinski definition) is 4. The van der Waals surface area contributed by atoms with E-state index < -0.39 is 35.6 Å². The van der Waals surface area contributed by atoms with Crippen molar-refractivity contribution in [2.45, 2.75) is 44.9 Å². The third-order valence-electron chi connectivity index (χ3n) is 6.92. The molecule has 7 heteroatoms. The molecule has 7 nitrogen and oxygen atoms in total. The van der Waals surface area contributed by atoms with Crippen LogP contribution in [0.3, 0.4) is 0 Å². The van der Waals surface area contributed by atoms with Gasteiger partial charge in [-0.3, -0.25) is 9.59 Å². The third-order valence-corrected chi connectivity index (χ3v) is 6.92. The molecule has 0 aromatic heterocycles. The molecule has 0 radical (unpaired) electrons. The zero-order valence-electron chi connectivity index (χ0n) is 25.5. The number of nitrogens with one attached hydrogen (secondary N) is 2. The highest BCUT2D eigenvalue weighted by atomic mass is 16.6. The second kappa shape index (κ2) is 14.3. The van der Waals surface area contributed by atoms with Crippen LogP contribution in [-0.4, -0.2) is 41.0 Å². The summed E-state index contributed by atoms with van der Waals surface area (Å²) in [5.74, 6) is -0.866. The maximum Gasteiger partial charge on any atom is 0.408 e. The lowest BCUT2D eigenvalue weighted by Crippen LogP contribution is -2.53. The van der Waals surface area contributed by atoms with Gasteiger partial charge in [-0.25, -0.2) is 4.79 Å². The van der Waals surface area contributed by atoms with Gasteiger partial charge in [-0.2, -0.15) is 0 Å². The molecule has 0 heterocycles. The number of rotatable bonds is 11. The average Bonchev–Trinajstić information content (AvgIpc) is 3.00. The Balaban J connectivity index is 1.74. The van der Waals surface area contributed by atoms with Crippen LogP contribution in [0.1, 0.15) is 43.5 Å². The molecular formula is C37H39N3O4. The Morgan fingerprint density at radius 1 is 0.864 bits per heavy atom. The summed E-state index contributed by atoms with van der Waals surface area (Å²) in [6.07, 6.45) is 2.72. The highest BCUT2D eigenvalue weighted by molar-refractivity contribution is 6.00. The van der Waals surface area contributed by atoms with Crippen molar-refractivity contribution >= 4 is 40.4 Å². The van der Waals surface area contributed by atoms with Crippen molar-refractivity contribution in [3.63, 3.8) is 0 Å². The molecule has 4 rings (SSSR count). The number of fused-ring (bicyclic) bond motifs is 1. The van der Waals surface area contributed by atoms with Crippen molar-refractivity contribution in [1.82, 2.24) is 10.2 Å². The minimum absolute atomic E-state index is 0.0498. The van der Waals surface area contributed by atoms with E-state index in [1.54, 1.807) is 39.0 Å². The fraction of sp³-hybridized carbons (Fsp3) is 0.216. The molecule has 3 amide bonds. The van der Waals surface area contributed by atoms with Crippen molar-refractivity contribution in [2.24, 2.45) is 0 Å². The summed E-state index contributed by atoms with van der Waals surface area (Å²) in [7, 11) is 0. The Bertz CT molecular complexity index is 1640. The molecule has 0 spiro atoms. The topological polar surface area (TPSA) is 87.7 Å². The molecule has 4 aromatic carbocycles. The number of amides is 3. The van der Waals surface area contributed by atoms with Gasteiger partial charge >= 0.3 is 6.09 Å². The Kier molecular flexibility index (Phi) is 10.3. The zero-order chi connectivity index (χ0) is 31.7. The average molecular weight is 590 g/mol. The number of nitrogens with zero attached hydrogens (tertiary/aromatic N) is 1. The Morgan fingerprint density at radius 2 is 1.57 bits per heavy atom. The molecule has 0 fully saturated rings. The largest absolute Gasteiger partial charge is 0.444 e. The molecular weight excluding hydrogens is 550 g/mol. The van der Waals surface area contributed by atoms with Gasteiger partial charge < -0.3 is 20.3 Å². The first-order valence-electron chi connectivity index (χ1n) is 14.5. The standard InChI is InChI=1S/C37H39N3O4/c1-6-22-40(35(42)32(24-27-14-9-8-10-15-27)39-36(43)44-37(3,4)5)33(30-19-13-16-26(7-2)23-30)34(41)38-31-21-20-28-17-11-12-18-29(28)25-31/h6-21,23,25,32-33H,1-2,22,24H2,3-5H3,(H,38,41)(H,39,43). The number of benzene rings is 4. The van der Waals surface area contributed by atoms with Crippen molar-refractivity contribution < 1.29 is 19.1 Å². The molecule has 0 aliphatic rings. The van der Waals surface area contributed by atoms with Crippen molar-refractivity contribution in [2.75, 3.05) is 11.9 Å². The number of alkyl carbamates (subject to hydrolysis) is 1. The Hall–Kier alpha value is -5.17. The molecule has 0 aliphatic carbocycles. The maximum absolute atomic E-state index is 14.4. The van der Waals surface area contributed by atoms with Gasteiger partial charge in [-0.05, 0) is 66.4 Å². The molecule has 2 unspecified atom stereocenters. The van der Waals surface area contributed by atoms with E-state index in [0.29, 0.717) is 11.3 Å². The first kappa shape index (κ1) is 31.8. The predicted molar refractivity (Wildman–Crippen MR) is 177 cm³/mol. The number of carbonyl (C=O) groups excluding carboxylic acids is 3. The summed E-state index contributed by atoms with van der Waals surface area (Å²) in [6.45, 7) is 13.0. The fourth-order valence-corrected chi connectivity index (χ4v) is 4.97. The van der Waals surface area contributed by atoms with E-state index in [1.807, 2.05) is 91.0 Å². The molecule has 0 saturated carbocycles. The first-order valence-corrected chi connectivity index (χ1v) is 14.5. The lowest BCUT2D eigenvalue weighted by molar-refractivity contribution is -0.140. The van der Waals surface area contributed by atoms with E-state index in [1.165, 1.54) is 4.90 Å². The van der Waals surface area contributed by atoms with Crippen LogP contribution in [0.15, 0.2) is 116 Å². The lowest BCUT2D eigenvalue weighted by Gasteiger charge is -2.34. The molecule has 0 saturated heterocycles. The van der Waals surface area contributed by atoms with Crippen LogP contribution in [0, 0.1) is 0 Å². The minimum Gasteiger partial charge on any atom is -0.444 e. The SMILES string of the molecule is C=CCN(C(=O)C(Cc1ccccc1)NC(=O)OC(C)(C)C)C(C(=O)Nc1ccc2ccccc2c1)c1cccc(C=C)c1. The number of hydrogen-bond donors (Lipinski definition) is 2. The van der Waals surface area contributed by atoms with Crippen LogP contribution in [0.4, 0.5) is 10.5 Å². The summed E-state index contributed by atoms with van der Waals surface area (Å²) >= 11 is 0. The van der Waals surface area contributed by atoms with Crippen molar-refractivity contribution in [3.05, 3.63) is 133 Å². The normalized spacial score (nSPS) is 12.4. The summed E-state index contributed by atoms with van der Waals surface area (Å²) in [6, 6.07) is 28.2. The van der Waals surface area contributed by atoms with Gasteiger partial charge in [0.25, 0.3) is 5.91 Å². The van der Waals surface area contributed by atoms with E-state index in [0.717, 1.165) is 21.9 Å². The predicted octanol–water partition coefficient (Wildman–Crippen LogP) is 7.31. The molecule has 2 atom stereocenters. The minimum atomic E-state index is -1.05. The summed E-state index contributed by atoms with van der Waals surface area (Å²) < 4.78 is 5.50. The third kappa shape index (κ3) is 8.44. The van der Waals surface area contributed by atoms with E-state index in [4.69, 9.17) is 4.74 Å². The van der Waals surface area contributed by atoms with E-state index in [9.17, 15) is 14.4 Å². The number of ether oxygens (including phenoxy) is 1. The van der Waals surface area contributed by atoms with Gasteiger partial charge in [0.05, 0.1) is 0 Å². The smallest absolute Gasteiger partial charge is 0.408 e. The zero-order valence-corrected chi connectivity index (χ0v) is 25.5. The Morgan fingerprint density at radius 3 is 2.25 bits per heavy atom. The van der Waals surface area contributed by atoms with Crippen LogP contribution >= 0.6 is 0 Å². The van der Waals surface area contributed by atoms with E-state index in [2.05, 4.69) is 23.8 Å². The molecule has 226 valence electrons. The van der Waals surface area contributed by atoms with Crippen LogP contribution in [-0.2, 0) is 20.7 Å². The molecule has 4 aromatic rings. The highest BCUT2D eigenvalue weighted by Crippen LogP contribution is 2.27. The second-order valence-electron chi connectivity index (χ2n) is 11.5. The highest BCUT2D eigenvalue weighted by Gasteiger charge is 2.36. The fourth-order valence-electron chi connectivity index (χ4n) is 4.97. The summed E-state index contributed by atoms with van der Waals surface area (Å²) in [5, 5.41) is 7.80. The molecule has 0 aliphatic heterocycles. The van der Waals surface area contributed by atoms with E-state index in [-0.39, 0.29) is 13.0 Å². The second-order valence-corrected chi connectivity index (χ2v) is 11.5. The van der Waals surface area contributed by atoms with Crippen LogP contribution in [0.25, 0.3) is 16.8 Å². The van der Waals surface area contributed by atoms with Gasteiger partial charge in [0.1, 0.15) is 17.7 Å². The van der Waals surface area contributed by atoms with Gasteiger partial charge in [0.2, 0.25) is 5.91 Å². The van der Waals surface area contributed by atoms with Gasteiger partial charge in [-0.1, -0.05) is 97.6 Å². The summed E-state index contributed by atoms with van der Waals surface area (Å²) in [4.78, 5) is 43.0. The quantitative estimate of drug-likeness (QED) is 0.180. The van der Waals surface area contributed by atoms with Crippen molar-refractivity contribution in [1.29, 1.82) is 0 Å². The molecule has 0 bridgehead atoms. The van der Waals surface area contributed by atoms with Gasteiger partial charge in [-0.15, -0.1) is 6.58 Å². The maximum atomic E-state index is 14.4. The van der Waals surface area contributed by atoms with Crippen molar-refractivity contribution in [3.8, 4) is 0 Å². The van der Waals surface area contributed by atoms with Gasteiger partial charge in [0.15, 0.2) is 0 Å². The van der Waals surface area contributed by atoms with E-state index >= 15 is 0 Å². The van der Waals surface area contributed by atoms with Crippen LogP contribution < -0.4 is 10.6 Å². The summed E-state index contributed by atoms with van der Waals surface area (Å²) in [5.41, 5.74) is 2.05. The molecule has 2 N–H and O–H groups in total. The Labute approximate surface area is 259 Å². The van der Waals surface area contributed by atoms with Crippen LogP contribution in [0.2, 0.25) is 0 Å².